The Balaban J connectivity index is 1.13. The summed E-state index contributed by atoms with van der Waals surface area (Å²) >= 11 is 0. The van der Waals surface area contributed by atoms with Gasteiger partial charge in [-0.15, -0.1) is 0 Å². The minimum atomic E-state index is -0.565. The molecule has 0 amide bonds. The smallest absolute Gasteiger partial charge is 0.310 e. The average Bonchev–Trinajstić information content (AvgIpc) is 3.26. The lowest BCUT2D eigenvalue weighted by Gasteiger charge is -3.09. The highest BCUT2D eigenvalue weighted by Crippen LogP contribution is 3.09. The van der Waals surface area contributed by atoms with Gasteiger partial charge in [0.15, 0.2) is 0 Å². The van der Waals surface area contributed by atoms with Gasteiger partial charge in [-0.05, 0) is 71.9 Å². The third-order valence-electron chi connectivity index (χ3n) is 10.1. The van der Waals surface area contributed by atoms with E-state index in [0.717, 1.165) is 34.1 Å². The van der Waals surface area contributed by atoms with Crippen molar-refractivity contribution >= 4 is 17.3 Å². The second-order valence-corrected chi connectivity index (χ2v) is 10.6. The van der Waals surface area contributed by atoms with Crippen LogP contribution in [0.5, 0.6) is 11.5 Å². The van der Waals surface area contributed by atoms with Crippen LogP contribution in [0.1, 0.15) is 5.82 Å². The number of nitrogen functional groups attached to an aromatic ring is 1. The molecule has 34 heavy (non-hydrogen) atoms. The van der Waals surface area contributed by atoms with Crippen molar-refractivity contribution in [2.24, 2.45) is 40.9 Å². The molecule has 0 atom stereocenters. The summed E-state index contributed by atoms with van der Waals surface area (Å²) in [7, 11) is 0. The molecular formula is C27H20N4O3. The van der Waals surface area contributed by atoms with Gasteiger partial charge in [-0.3, -0.25) is 9.20 Å². The van der Waals surface area contributed by atoms with E-state index in [1.165, 1.54) is 0 Å². The Morgan fingerprint density at radius 3 is 2.24 bits per heavy atom. The molecule has 7 heteroatoms. The van der Waals surface area contributed by atoms with Crippen LogP contribution >= 0.6 is 0 Å². The second-order valence-electron chi connectivity index (χ2n) is 10.6. The van der Waals surface area contributed by atoms with Crippen molar-refractivity contribution < 1.29 is 14.6 Å². The van der Waals surface area contributed by atoms with Gasteiger partial charge in [0.05, 0.1) is 5.41 Å². The molecule has 2 aromatic carbocycles. The Bertz CT molecular complexity index is 1520. The van der Waals surface area contributed by atoms with Crippen LogP contribution in [0.15, 0.2) is 67.0 Å². The number of benzene rings is 2. The SMILES string of the molecule is Nc1nccn2c(C34C5C6C3C3C4C5C63C(=O)O)nc(-c3ccc(Oc4ccccc4)cc3)c12. The molecule has 0 spiro atoms. The van der Waals surface area contributed by atoms with E-state index in [2.05, 4.69) is 9.38 Å². The van der Waals surface area contributed by atoms with Crippen molar-refractivity contribution in [2.75, 3.05) is 5.73 Å². The summed E-state index contributed by atoms with van der Waals surface area (Å²) in [5, 5.41) is 9.84. The molecule has 2 aromatic heterocycles. The molecule has 10 rings (SSSR count). The normalized spacial score (nSPS) is 38.6. The number of carboxylic acid groups (broad SMARTS) is 1. The zero-order valence-electron chi connectivity index (χ0n) is 18.0. The lowest BCUT2D eigenvalue weighted by atomic mass is 8.92. The van der Waals surface area contributed by atoms with Crippen molar-refractivity contribution in [3.63, 3.8) is 0 Å². The van der Waals surface area contributed by atoms with Gasteiger partial charge < -0.3 is 15.6 Å². The van der Waals surface area contributed by atoms with Crippen molar-refractivity contribution in [1.29, 1.82) is 0 Å². The molecule has 3 N–H and O–H groups in total. The first-order valence-electron chi connectivity index (χ1n) is 11.8. The van der Waals surface area contributed by atoms with E-state index >= 15 is 0 Å². The summed E-state index contributed by atoms with van der Waals surface area (Å²) in [5.41, 5.74) is 8.65. The molecule has 0 bridgehead atoms. The minimum absolute atomic E-state index is 0.0442. The van der Waals surface area contributed by atoms with E-state index in [1.54, 1.807) is 6.20 Å². The number of hydrogen-bond donors (Lipinski definition) is 2. The Kier molecular flexibility index (Phi) is 2.65. The fourth-order valence-electron chi connectivity index (χ4n) is 9.28. The van der Waals surface area contributed by atoms with Crippen LogP contribution in [-0.2, 0) is 10.2 Å². The number of anilines is 1. The van der Waals surface area contributed by atoms with Crippen LogP contribution in [0.4, 0.5) is 5.82 Å². The minimum Gasteiger partial charge on any atom is -0.481 e. The number of nitrogens with two attached hydrogens (primary N) is 1. The topological polar surface area (TPSA) is 103 Å². The van der Waals surface area contributed by atoms with Gasteiger partial charge in [0, 0.05) is 23.4 Å². The number of aromatic nitrogens is 3. The zero-order valence-corrected chi connectivity index (χ0v) is 18.0. The maximum Gasteiger partial charge on any atom is 0.310 e. The zero-order chi connectivity index (χ0) is 22.6. The van der Waals surface area contributed by atoms with Crippen LogP contribution < -0.4 is 10.5 Å². The fraction of sp³-hybridized carbons (Fsp3) is 0.296. The average molecular weight is 448 g/mol. The molecule has 6 aliphatic rings. The maximum atomic E-state index is 12.0. The highest BCUT2D eigenvalue weighted by atomic mass is 16.5. The Labute approximate surface area is 194 Å². The van der Waals surface area contributed by atoms with E-state index in [1.807, 2.05) is 60.8 Å². The molecule has 6 fully saturated rings. The summed E-state index contributed by atoms with van der Waals surface area (Å²) in [6.07, 6.45) is 3.69. The first-order chi connectivity index (χ1) is 16.6. The van der Waals surface area contributed by atoms with Crippen molar-refractivity contribution in [3.05, 3.63) is 72.8 Å². The number of rotatable bonds is 5. The van der Waals surface area contributed by atoms with Gasteiger partial charge in [0.25, 0.3) is 0 Å². The van der Waals surface area contributed by atoms with E-state index in [-0.39, 0.29) is 10.8 Å². The largest absolute Gasteiger partial charge is 0.481 e. The summed E-state index contributed by atoms with van der Waals surface area (Å²) < 4.78 is 8.07. The van der Waals surface area contributed by atoms with Crippen LogP contribution in [0.3, 0.4) is 0 Å². The Hall–Kier alpha value is -3.87. The number of hydrogen-bond acceptors (Lipinski definition) is 5. The van der Waals surface area contributed by atoms with E-state index in [9.17, 15) is 9.90 Å². The molecule has 7 nitrogen and oxygen atoms in total. The standard InChI is InChI=1S/C27H20N4O3/c28-23-22-21(12-6-8-14(9-7-12)34-13-4-2-1-3-5-13)30-24(31(22)11-10-29-23)26-15-18-16(26)20-17(26)19(15)27(18,20)25(32)33/h1-11,15-20H,(H2,28,29)(H,32,33). The molecule has 0 radical (unpaired) electrons. The van der Waals surface area contributed by atoms with Crippen LogP contribution in [0.25, 0.3) is 16.8 Å². The first kappa shape index (κ1) is 17.6. The predicted octanol–water partition coefficient (Wildman–Crippen LogP) is 3.84. The van der Waals surface area contributed by atoms with Crippen LogP contribution in [0.2, 0.25) is 0 Å². The molecule has 0 aliphatic heterocycles. The maximum absolute atomic E-state index is 12.0. The fourth-order valence-corrected chi connectivity index (χ4v) is 9.28. The highest BCUT2D eigenvalue weighted by Gasteiger charge is 3.12. The van der Waals surface area contributed by atoms with Crippen molar-refractivity contribution in [1.82, 2.24) is 14.4 Å². The van der Waals surface area contributed by atoms with Crippen LogP contribution in [0, 0.1) is 40.9 Å². The number of ether oxygens (including phenoxy) is 1. The predicted molar refractivity (Wildman–Crippen MR) is 122 cm³/mol. The molecule has 2 heterocycles. The van der Waals surface area contributed by atoms with Crippen molar-refractivity contribution in [3.8, 4) is 22.8 Å². The molecule has 6 aliphatic carbocycles. The van der Waals surface area contributed by atoms with Gasteiger partial charge in [-0.1, -0.05) is 18.2 Å². The van der Waals surface area contributed by atoms with Gasteiger partial charge in [-0.25, -0.2) is 9.97 Å². The number of nitrogens with zero attached hydrogens (tertiary/aromatic N) is 3. The molecule has 4 aromatic rings. The summed E-state index contributed by atoms with van der Waals surface area (Å²) in [6, 6.07) is 17.6. The first-order valence-corrected chi connectivity index (χ1v) is 11.8. The number of para-hydroxylation sites is 1. The quantitative estimate of drug-likeness (QED) is 0.481. The third kappa shape index (κ3) is 1.43. The Morgan fingerprint density at radius 2 is 1.59 bits per heavy atom. The Morgan fingerprint density at radius 1 is 0.941 bits per heavy atom. The number of carboxylic acids is 1. The van der Waals surface area contributed by atoms with Gasteiger partial charge in [-0.2, -0.15) is 0 Å². The molecular weight excluding hydrogens is 428 g/mol. The summed E-state index contributed by atoms with van der Waals surface area (Å²) in [4.78, 5) is 21.5. The monoisotopic (exact) mass is 448 g/mol. The van der Waals surface area contributed by atoms with Gasteiger partial charge in [0.2, 0.25) is 0 Å². The van der Waals surface area contributed by atoms with E-state index < -0.39 is 5.97 Å². The second kappa shape index (κ2) is 5.12. The highest BCUT2D eigenvalue weighted by molar-refractivity contribution is 5.90. The number of fused-ring (bicyclic) bond motifs is 1. The van der Waals surface area contributed by atoms with Crippen molar-refractivity contribution in [2.45, 2.75) is 5.41 Å². The number of imidazole rings is 1. The lowest BCUT2D eigenvalue weighted by molar-refractivity contribution is -0.614. The van der Waals surface area contributed by atoms with E-state index in [4.69, 9.17) is 15.5 Å². The number of aliphatic carboxylic acids is 1. The molecule has 6 saturated carbocycles. The number of carbonyl (C=O) groups is 1. The van der Waals surface area contributed by atoms with Gasteiger partial charge in [0.1, 0.15) is 34.4 Å². The van der Waals surface area contributed by atoms with Crippen LogP contribution in [-0.4, -0.2) is 25.4 Å². The summed E-state index contributed by atoms with van der Waals surface area (Å²) in [6.45, 7) is 0. The molecule has 166 valence electrons. The lowest BCUT2D eigenvalue weighted by Crippen LogP contribution is -3.12. The summed E-state index contributed by atoms with van der Waals surface area (Å²) in [5.74, 6) is 4.97. The third-order valence-corrected chi connectivity index (χ3v) is 10.1. The molecule has 0 saturated heterocycles. The van der Waals surface area contributed by atoms with E-state index in [0.29, 0.717) is 41.3 Å². The van der Waals surface area contributed by atoms with Gasteiger partial charge >= 0.3 is 5.97 Å². The molecule has 0 unspecified atom stereocenters.